The molecule has 0 spiro atoms. The molecule has 1 aliphatic heterocycles. The van der Waals surface area contributed by atoms with Crippen LogP contribution in [0.2, 0.25) is 5.02 Å². The Kier molecular flexibility index (Phi) is 4.26. The maximum atomic E-state index is 6.06. The molecule has 1 saturated heterocycles. The molecule has 3 nitrogen and oxygen atoms in total. The van der Waals surface area contributed by atoms with E-state index in [4.69, 9.17) is 26.8 Å². The summed E-state index contributed by atoms with van der Waals surface area (Å²) in [6.45, 7) is 3.12. The molecule has 1 heterocycles. The van der Waals surface area contributed by atoms with E-state index in [1.807, 2.05) is 18.2 Å². The summed E-state index contributed by atoms with van der Waals surface area (Å²) < 4.78 is 11.3. The standard InChI is InChI=1S/C13H18ClNO2/c1-9-2-4-12(17-9)8-16-11-5-3-10(7-15)13(14)6-11/h3,5-6,9,12H,2,4,7-8,15H2,1H3. The number of hydrogen-bond donors (Lipinski definition) is 1. The number of benzene rings is 1. The van der Waals surface area contributed by atoms with Crippen molar-refractivity contribution < 1.29 is 9.47 Å². The van der Waals surface area contributed by atoms with Crippen LogP contribution in [-0.2, 0) is 11.3 Å². The predicted molar refractivity (Wildman–Crippen MR) is 68.4 cm³/mol. The quantitative estimate of drug-likeness (QED) is 0.900. The van der Waals surface area contributed by atoms with Crippen molar-refractivity contribution in [3.05, 3.63) is 28.8 Å². The minimum absolute atomic E-state index is 0.206. The third-order valence-electron chi connectivity index (χ3n) is 3.00. The van der Waals surface area contributed by atoms with Crippen molar-refractivity contribution in [2.75, 3.05) is 6.61 Å². The Labute approximate surface area is 107 Å². The van der Waals surface area contributed by atoms with Crippen LogP contribution in [0.4, 0.5) is 0 Å². The maximum absolute atomic E-state index is 6.06. The summed E-state index contributed by atoms with van der Waals surface area (Å²) in [6.07, 6.45) is 2.74. The lowest BCUT2D eigenvalue weighted by Crippen LogP contribution is -2.17. The number of nitrogens with two attached hydrogens (primary N) is 1. The number of ether oxygens (including phenoxy) is 2. The van der Waals surface area contributed by atoms with Crippen LogP contribution in [0.25, 0.3) is 0 Å². The summed E-state index contributed by atoms with van der Waals surface area (Å²) in [7, 11) is 0. The van der Waals surface area contributed by atoms with Crippen molar-refractivity contribution >= 4 is 11.6 Å². The fourth-order valence-electron chi connectivity index (χ4n) is 1.98. The van der Waals surface area contributed by atoms with Crippen LogP contribution in [0.3, 0.4) is 0 Å². The van der Waals surface area contributed by atoms with Gasteiger partial charge in [0.05, 0.1) is 12.2 Å². The Morgan fingerprint density at radius 1 is 1.47 bits per heavy atom. The van der Waals surface area contributed by atoms with E-state index in [0.717, 1.165) is 24.2 Å². The lowest BCUT2D eigenvalue weighted by atomic mass is 10.2. The van der Waals surface area contributed by atoms with Crippen molar-refractivity contribution in [3.63, 3.8) is 0 Å². The summed E-state index contributed by atoms with van der Waals surface area (Å²) in [5, 5.41) is 0.658. The fourth-order valence-corrected chi connectivity index (χ4v) is 2.23. The number of halogens is 1. The second-order valence-corrected chi connectivity index (χ2v) is 4.82. The lowest BCUT2D eigenvalue weighted by Gasteiger charge is -2.13. The monoisotopic (exact) mass is 255 g/mol. The first-order valence-corrected chi connectivity index (χ1v) is 6.33. The molecule has 2 rings (SSSR count). The minimum Gasteiger partial charge on any atom is -0.491 e. The second kappa shape index (κ2) is 5.71. The van der Waals surface area contributed by atoms with Crippen molar-refractivity contribution in [2.45, 2.75) is 38.5 Å². The summed E-state index contributed by atoms with van der Waals surface area (Å²) in [4.78, 5) is 0. The summed E-state index contributed by atoms with van der Waals surface area (Å²) >= 11 is 6.06. The van der Waals surface area contributed by atoms with Crippen LogP contribution in [0.5, 0.6) is 5.75 Å². The maximum Gasteiger partial charge on any atom is 0.120 e. The zero-order valence-corrected chi connectivity index (χ0v) is 10.7. The Bertz CT molecular complexity index is 384. The molecule has 17 heavy (non-hydrogen) atoms. The highest BCUT2D eigenvalue weighted by Gasteiger charge is 2.22. The van der Waals surface area contributed by atoms with E-state index in [-0.39, 0.29) is 6.10 Å². The third kappa shape index (κ3) is 3.35. The Morgan fingerprint density at radius 3 is 2.88 bits per heavy atom. The summed E-state index contributed by atoms with van der Waals surface area (Å²) in [5.74, 6) is 0.773. The molecule has 0 aliphatic carbocycles. The van der Waals surface area contributed by atoms with Gasteiger partial charge >= 0.3 is 0 Å². The SMILES string of the molecule is CC1CCC(COc2ccc(CN)c(Cl)c2)O1. The number of hydrogen-bond acceptors (Lipinski definition) is 3. The molecule has 4 heteroatoms. The first-order valence-electron chi connectivity index (χ1n) is 5.96. The minimum atomic E-state index is 0.206. The molecule has 1 aromatic rings. The molecule has 1 aliphatic rings. The van der Waals surface area contributed by atoms with Gasteiger partial charge < -0.3 is 15.2 Å². The van der Waals surface area contributed by atoms with Gasteiger partial charge in [0.2, 0.25) is 0 Å². The predicted octanol–water partition coefficient (Wildman–Crippen LogP) is 2.75. The molecule has 0 aromatic heterocycles. The largest absolute Gasteiger partial charge is 0.491 e. The van der Waals surface area contributed by atoms with E-state index in [1.54, 1.807) is 0 Å². The van der Waals surface area contributed by atoms with Gasteiger partial charge in [-0.25, -0.2) is 0 Å². The van der Waals surface area contributed by atoms with Crippen LogP contribution < -0.4 is 10.5 Å². The summed E-state index contributed by atoms with van der Waals surface area (Å²) in [6, 6.07) is 5.60. The molecule has 2 N–H and O–H groups in total. The van der Waals surface area contributed by atoms with Gasteiger partial charge in [-0.05, 0) is 37.5 Å². The lowest BCUT2D eigenvalue weighted by molar-refractivity contribution is 0.0264. The molecule has 2 atom stereocenters. The topological polar surface area (TPSA) is 44.5 Å². The molecule has 94 valence electrons. The Balaban J connectivity index is 1.88. The second-order valence-electron chi connectivity index (χ2n) is 4.41. The molecule has 2 unspecified atom stereocenters. The first kappa shape index (κ1) is 12.7. The van der Waals surface area contributed by atoms with Gasteiger partial charge in [0.1, 0.15) is 12.4 Å². The van der Waals surface area contributed by atoms with Gasteiger partial charge in [0.15, 0.2) is 0 Å². The molecule has 1 fully saturated rings. The van der Waals surface area contributed by atoms with Gasteiger partial charge in [-0.3, -0.25) is 0 Å². The fraction of sp³-hybridized carbons (Fsp3) is 0.538. The van der Waals surface area contributed by atoms with Gasteiger partial charge in [-0.2, -0.15) is 0 Å². The average Bonchev–Trinajstić information content (AvgIpc) is 2.73. The highest BCUT2D eigenvalue weighted by Crippen LogP contribution is 2.24. The molecule has 1 aromatic carbocycles. The highest BCUT2D eigenvalue weighted by molar-refractivity contribution is 6.31. The van der Waals surface area contributed by atoms with Gasteiger partial charge in [0.25, 0.3) is 0 Å². The Hall–Kier alpha value is -0.770. The van der Waals surface area contributed by atoms with Gasteiger partial charge in [-0.15, -0.1) is 0 Å². The normalized spacial score (nSPS) is 23.9. The number of rotatable bonds is 4. The van der Waals surface area contributed by atoms with Crippen molar-refractivity contribution in [3.8, 4) is 5.75 Å². The van der Waals surface area contributed by atoms with E-state index < -0.39 is 0 Å². The summed E-state index contributed by atoms with van der Waals surface area (Å²) in [5.41, 5.74) is 6.48. The third-order valence-corrected chi connectivity index (χ3v) is 3.35. The van der Waals surface area contributed by atoms with E-state index in [1.165, 1.54) is 0 Å². The molecular formula is C13H18ClNO2. The Morgan fingerprint density at radius 2 is 2.29 bits per heavy atom. The van der Waals surface area contributed by atoms with Crippen molar-refractivity contribution in [2.24, 2.45) is 5.73 Å². The molecule has 0 radical (unpaired) electrons. The van der Waals surface area contributed by atoms with Gasteiger partial charge in [0, 0.05) is 11.6 Å². The van der Waals surface area contributed by atoms with Gasteiger partial charge in [-0.1, -0.05) is 17.7 Å². The molecular weight excluding hydrogens is 238 g/mol. The van der Waals surface area contributed by atoms with Crippen LogP contribution in [-0.4, -0.2) is 18.8 Å². The van der Waals surface area contributed by atoms with E-state index in [0.29, 0.717) is 24.3 Å². The van der Waals surface area contributed by atoms with Crippen LogP contribution >= 0.6 is 11.6 Å². The van der Waals surface area contributed by atoms with Crippen LogP contribution in [0, 0.1) is 0 Å². The molecule has 0 bridgehead atoms. The van der Waals surface area contributed by atoms with Crippen molar-refractivity contribution in [1.29, 1.82) is 0 Å². The van der Waals surface area contributed by atoms with E-state index in [9.17, 15) is 0 Å². The van der Waals surface area contributed by atoms with E-state index >= 15 is 0 Å². The van der Waals surface area contributed by atoms with E-state index in [2.05, 4.69) is 6.92 Å². The zero-order valence-electron chi connectivity index (χ0n) is 9.99. The smallest absolute Gasteiger partial charge is 0.120 e. The van der Waals surface area contributed by atoms with Crippen molar-refractivity contribution in [1.82, 2.24) is 0 Å². The first-order chi connectivity index (χ1) is 8.19. The zero-order chi connectivity index (χ0) is 12.3. The van der Waals surface area contributed by atoms with Crippen LogP contribution in [0.15, 0.2) is 18.2 Å². The molecule has 0 saturated carbocycles. The molecule has 0 amide bonds. The average molecular weight is 256 g/mol. The highest BCUT2D eigenvalue weighted by atomic mass is 35.5. The van der Waals surface area contributed by atoms with Crippen LogP contribution in [0.1, 0.15) is 25.3 Å².